The molecule has 0 atom stereocenters. The number of nitrogens with one attached hydrogen (secondary N) is 1. The van der Waals surface area contributed by atoms with Crippen LogP contribution in [0.5, 0.6) is 11.5 Å². The summed E-state index contributed by atoms with van der Waals surface area (Å²) in [5.41, 5.74) is 0.988. The molecule has 0 saturated heterocycles. The largest absolute Gasteiger partial charge is 0.486 e. The van der Waals surface area contributed by atoms with Gasteiger partial charge in [0.05, 0.1) is 5.02 Å². The number of pyridine rings is 1. The van der Waals surface area contributed by atoms with Crippen LogP contribution in [0.2, 0.25) is 10.2 Å². The number of nitrogens with zero attached hydrogens (tertiary/aromatic N) is 1. The monoisotopic (exact) mass is 338 g/mol. The molecule has 3 rings (SSSR count). The third-order valence-electron chi connectivity index (χ3n) is 3.09. The highest BCUT2D eigenvalue weighted by Gasteiger charge is 2.14. The zero-order chi connectivity index (χ0) is 15.5. The fourth-order valence-corrected chi connectivity index (χ4v) is 2.38. The van der Waals surface area contributed by atoms with Gasteiger partial charge in [-0.25, -0.2) is 4.98 Å². The van der Waals surface area contributed by atoms with Gasteiger partial charge in [0, 0.05) is 6.54 Å². The lowest BCUT2D eigenvalue weighted by Crippen LogP contribution is -2.24. The first-order chi connectivity index (χ1) is 10.6. The highest BCUT2D eigenvalue weighted by atomic mass is 35.5. The second-order valence-corrected chi connectivity index (χ2v) is 5.42. The van der Waals surface area contributed by atoms with Crippen LogP contribution in [0.15, 0.2) is 30.3 Å². The van der Waals surface area contributed by atoms with Crippen LogP contribution in [-0.4, -0.2) is 24.1 Å². The van der Waals surface area contributed by atoms with E-state index in [-0.39, 0.29) is 21.8 Å². The second kappa shape index (κ2) is 6.42. The topological polar surface area (TPSA) is 60.5 Å². The van der Waals surface area contributed by atoms with Crippen molar-refractivity contribution in [1.82, 2.24) is 10.3 Å². The van der Waals surface area contributed by atoms with Crippen molar-refractivity contribution in [2.45, 2.75) is 6.54 Å². The Labute approximate surface area is 137 Å². The molecule has 1 aromatic carbocycles. The number of rotatable bonds is 3. The number of amides is 1. The maximum atomic E-state index is 12.1. The minimum Gasteiger partial charge on any atom is -0.486 e. The standard InChI is InChI=1S/C15H12Cl2N2O3/c16-10-2-4-13(17)19-14(10)15(20)18-8-9-1-3-11-12(7-9)22-6-5-21-11/h1-4,7H,5-6,8H2,(H,18,20). The van der Waals surface area contributed by atoms with Crippen molar-refractivity contribution in [3.05, 3.63) is 51.8 Å². The van der Waals surface area contributed by atoms with E-state index in [1.165, 1.54) is 12.1 Å². The molecule has 7 heteroatoms. The van der Waals surface area contributed by atoms with Gasteiger partial charge in [0.25, 0.3) is 5.91 Å². The Morgan fingerprint density at radius 3 is 2.73 bits per heavy atom. The number of carbonyl (C=O) groups is 1. The molecule has 2 heterocycles. The van der Waals surface area contributed by atoms with Crippen LogP contribution in [-0.2, 0) is 6.54 Å². The van der Waals surface area contributed by atoms with Gasteiger partial charge in [-0.05, 0) is 29.8 Å². The summed E-state index contributed by atoms with van der Waals surface area (Å²) in [7, 11) is 0. The van der Waals surface area contributed by atoms with Crippen LogP contribution < -0.4 is 14.8 Å². The number of carbonyl (C=O) groups excluding carboxylic acids is 1. The third kappa shape index (κ3) is 3.26. The minimum absolute atomic E-state index is 0.103. The molecular formula is C15H12Cl2N2O3. The van der Waals surface area contributed by atoms with Crippen LogP contribution in [0.4, 0.5) is 0 Å². The Hall–Kier alpha value is -1.98. The van der Waals surface area contributed by atoms with Gasteiger partial charge >= 0.3 is 0 Å². The molecule has 114 valence electrons. The molecule has 5 nitrogen and oxygen atoms in total. The first-order valence-corrected chi connectivity index (χ1v) is 7.38. The van der Waals surface area contributed by atoms with Crippen molar-refractivity contribution in [3.63, 3.8) is 0 Å². The van der Waals surface area contributed by atoms with Gasteiger partial charge in [0.2, 0.25) is 0 Å². The van der Waals surface area contributed by atoms with Gasteiger partial charge in [-0.3, -0.25) is 4.79 Å². The normalized spacial score (nSPS) is 12.8. The van der Waals surface area contributed by atoms with E-state index >= 15 is 0 Å². The Morgan fingerprint density at radius 2 is 1.91 bits per heavy atom. The molecule has 0 bridgehead atoms. The van der Waals surface area contributed by atoms with Gasteiger partial charge in [0.1, 0.15) is 24.1 Å². The van der Waals surface area contributed by atoms with Crippen molar-refractivity contribution >= 4 is 29.1 Å². The van der Waals surface area contributed by atoms with Crippen LogP contribution in [0, 0.1) is 0 Å². The molecular weight excluding hydrogens is 327 g/mol. The summed E-state index contributed by atoms with van der Waals surface area (Å²) in [6.07, 6.45) is 0. The molecule has 0 radical (unpaired) electrons. The fourth-order valence-electron chi connectivity index (χ4n) is 2.04. The van der Waals surface area contributed by atoms with Crippen LogP contribution in [0.25, 0.3) is 0 Å². The van der Waals surface area contributed by atoms with E-state index in [4.69, 9.17) is 32.7 Å². The lowest BCUT2D eigenvalue weighted by Gasteiger charge is -2.19. The average molecular weight is 339 g/mol. The van der Waals surface area contributed by atoms with E-state index in [0.29, 0.717) is 31.3 Å². The van der Waals surface area contributed by atoms with Gasteiger partial charge in [0.15, 0.2) is 11.5 Å². The molecule has 1 aliphatic rings. The summed E-state index contributed by atoms with van der Waals surface area (Å²) in [4.78, 5) is 16.0. The maximum absolute atomic E-state index is 12.1. The molecule has 1 amide bonds. The van der Waals surface area contributed by atoms with E-state index in [2.05, 4.69) is 10.3 Å². The van der Waals surface area contributed by atoms with E-state index in [1.54, 1.807) is 0 Å². The van der Waals surface area contributed by atoms with Crippen molar-refractivity contribution in [2.24, 2.45) is 0 Å². The molecule has 0 fully saturated rings. The fraction of sp³-hybridized carbons (Fsp3) is 0.200. The summed E-state index contributed by atoms with van der Waals surface area (Å²) >= 11 is 11.7. The summed E-state index contributed by atoms with van der Waals surface area (Å²) < 4.78 is 10.9. The average Bonchev–Trinajstić information content (AvgIpc) is 2.54. The zero-order valence-electron chi connectivity index (χ0n) is 11.4. The molecule has 1 N–H and O–H groups in total. The Bertz CT molecular complexity index is 722. The molecule has 0 spiro atoms. The number of hydrogen-bond donors (Lipinski definition) is 1. The Balaban J connectivity index is 1.69. The molecule has 0 unspecified atom stereocenters. The highest BCUT2D eigenvalue weighted by Crippen LogP contribution is 2.30. The number of fused-ring (bicyclic) bond motifs is 1. The first-order valence-electron chi connectivity index (χ1n) is 6.62. The molecule has 22 heavy (non-hydrogen) atoms. The van der Waals surface area contributed by atoms with E-state index in [0.717, 1.165) is 5.56 Å². The van der Waals surface area contributed by atoms with Gasteiger partial charge in [-0.1, -0.05) is 29.3 Å². The summed E-state index contributed by atoms with van der Waals surface area (Å²) in [6, 6.07) is 8.58. The predicted octanol–water partition coefficient (Wildman–Crippen LogP) is 3.09. The quantitative estimate of drug-likeness (QED) is 0.873. The van der Waals surface area contributed by atoms with Crippen molar-refractivity contribution < 1.29 is 14.3 Å². The van der Waals surface area contributed by atoms with Crippen molar-refractivity contribution in [2.75, 3.05) is 13.2 Å². The maximum Gasteiger partial charge on any atom is 0.271 e. The van der Waals surface area contributed by atoms with Gasteiger partial charge in [-0.2, -0.15) is 0 Å². The third-order valence-corrected chi connectivity index (χ3v) is 3.60. The van der Waals surface area contributed by atoms with Crippen LogP contribution >= 0.6 is 23.2 Å². The van der Waals surface area contributed by atoms with E-state index in [1.807, 2.05) is 18.2 Å². The van der Waals surface area contributed by atoms with Crippen molar-refractivity contribution in [1.29, 1.82) is 0 Å². The predicted molar refractivity (Wildman–Crippen MR) is 82.9 cm³/mol. The molecule has 1 aliphatic heterocycles. The van der Waals surface area contributed by atoms with Gasteiger partial charge in [-0.15, -0.1) is 0 Å². The molecule has 2 aromatic rings. The minimum atomic E-state index is -0.387. The zero-order valence-corrected chi connectivity index (χ0v) is 12.9. The first kappa shape index (κ1) is 14.9. The Morgan fingerprint density at radius 1 is 1.14 bits per heavy atom. The summed E-state index contributed by atoms with van der Waals surface area (Å²) in [6.45, 7) is 1.38. The molecule has 1 aromatic heterocycles. The summed E-state index contributed by atoms with van der Waals surface area (Å²) in [5, 5.41) is 3.22. The smallest absolute Gasteiger partial charge is 0.271 e. The van der Waals surface area contributed by atoms with E-state index in [9.17, 15) is 4.79 Å². The number of ether oxygens (including phenoxy) is 2. The van der Waals surface area contributed by atoms with Crippen molar-refractivity contribution in [3.8, 4) is 11.5 Å². The highest BCUT2D eigenvalue weighted by molar-refractivity contribution is 6.34. The van der Waals surface area contributed by atoms with E-state index < -0.39 is 0 Å². The number of aromatic nitrogens is 1. The van der Waals surface area contributed by atoms with Gasteiger partial charge < -0.3 is 14.8 Å². The lowest BCUT2D eigenvalue weighted by molar-refractivity contribution is 0.0946. The Kier molecular flexibility index (Phi) is 4.36. The number of hydrogen-bond acceptors (Lipinski definition) is 4. The number of halogens is 2. The summed E-state index contributed by atoms with van der Waals surface area (Å²) in [5.74, 6) is 1.00. The lowest BCUT2D eigenvalue weighted by atomic mass is 10.2. The van der Waals surface area contributed by atoms with Crippen LogP contribution in [0.1, 0.15) is 16.1 Å². The van der Waals surface area contributed by atoms with Crippen LogP contribution in [0.3, 0.4) is 0 Å². The molecule has 0 aliphatic carbocycles. The molecule has 0 saturated carbocycles. The SMILES string of the molecule is O=C(NCc1ccc2c(c1)OCCO2)c1nc(Cl)ccc1Cl. The second-order valence-electron chi connectivity index (χ2n) is 4.63. The number of benzene rings is 1.